The summed E-state index contributed by atoms with van der Waals surface area (Å²) >= 11 is 0. The second-order valence-corrected chi connectivity index (χ2v) is 7.59. The average Bonchev–Trinajstić information content (AvgIpc) is 3.15. The van der Waals surface area contributed by atoms with E-state index in [0.717, 1.165) is 5.39 Å². The molecule has 2 heterocycles. The molecule has 5 rings (SSSR count). The molecule has 7 heteroatoms. The average molecular weight is 440 g/mol. The number of esters is 1. The lowest BCUT2D eigenvalue weighted by Gasteiger charge is -2.26. The van der Waals surface area contributed by atoms with E-state index in [4.69, 9.17) is 19.6 Å². The summed E-state index contributed by atoms with van der Waals surface area (Å²) in [6, 6.07) is 20.2. The van der Waals surface area contributed by atoms with E-state index in [2.05, 4.69) is 0 Å². The Morgan fingerprint density at radius 3 is 2.61 bits per heavy atom. The Morgan fingerprint density at radius 1 is 1.09 bits per heavy atom. The largest absolute Gasteiger partial charge is 0.449 e. The number of hydrogen-bond acceptors (Lipinski definition) is 6. The first kappa shape index (κ1) is 20.3. The van der Waals surface area contributed by atoms with Crippen molar-refractivity contribution in [2.45, 2.75) is 12.8 Å². The third-order valence-electron chi connectivity index (χ3n) is 5.65. The number of hydrogen-bond donors (Lipinski definition) is 1. The van der Waals surface area contributed by atoms with Gasteiger partial charge in [0.25, 0.3) is 0 Å². The standard InChI is InChI=1S/C26H17FN2O4/c1-14-16-6-3-5-9-21(16)32-24(14)26(30)31-15-10-11-18-22(12-15)33-25(29)19(13-28)23(18)17-7-2-4-8-20(17)27/h2-12,23H,29H2,1H3. The van der Waals surface area contributed by atoms with Crippen molar-refractivity contribution in [3.05, 3.63) is 106 Å². The first-order chi connectivity index (χ1) is 16.0. The van der Waals surface area contributed by atoms with Crippen molar-refractivity contribution >= 4 is 16.9 Å². The molecule has 0 amide bonds. The number of aryl methyl sites for hydroxylation is 1. The highest BCUT2D eigenvalue weighted by molar-refractivity contribution is 5.96. The molecular formula is C26H17FN2O4. The van der Waals surface area contributed by atoms with Crippen LogP contribution in [0.2, 0.25) is 0 Å². The van der Waals surface area contributed by atoms with Crippen LogP contribution in [-0.2, 0) is 0 Å². The van der Waals surface area contributed by atoms with Gasteiger partial charge in [-0.1, -0.05) is 42.5 Å². The first-order valence-electron chi connectivity index (χ1n) is 10.1. The number of carbonyl (C=O) groups excluding carboxylic acids is 1. The van der Waals surface area contributed by atoms with Gasteiger partial charge < -0.3 is 19.6 Å². The van der Waals surface area contributed by atoms with Gasteiger partial charge in [-0.2, -0.15) is 5.26 Å². The lowest BCUT2D eigenvalue weighted by molar-refractivity contribution is 0.0702. The summed E-state index contributed by atoms with van der Waals surface area (Å²) in [6.45, 7) is 1.78. The van der Waals surface area contributed by atoms with Gasteiger partial charge >= 0.3 is 5.97 Å². The Kier molecular flexibility index (Phi) is 4.83. The molecule has 0 saturated carbocycles. The predicted molar refractivity (Wildman–Crippen MR) is 118 cm³/mol. The second kappa shape index (κ2) is 7.84. The lowest BCUT2D eigenvalue weighted by atomic mass is 9.83. The Hall–Kier alpha value is -4.57. The van der Waals surface area contributed by atoms with Gasteiger partial charge in [-0.05, 0) is 25.1 Å². The SMILES string of the molecule is Cc1c(C(=O)Oc2ccc3c(c2)OC(N)=C(C#N)C3c2ccccc2F)oc2ccccc12. The molecule has 1 unspecified atom stereocenters. The molecule has 0 aliphatic carbocycles. The summed E-state index contributed by atoms with van der Waals surface area (Å²) in [5.74, 6) is -1.44. The number of fused-ring (bicyclic) bond motifs is 2. The van der Waals surface area contributed by atoms with E-state index in [9.17, 15) is 14.4 Å². The zero-order valence-corrected chi connectivity index (χ0v) is 17.5. The van der Waals surface area contributed by atoms with Crippen molar-refractivity contribution in [1.29, 1.82) is 5.26 Å². The summed E-state index contributed by atoms with van der Waals surface area (Å²) < 4.78 is 31.4. The van der Waals surface area contributed by atoms with Crippen LogP contribution >= 0.6 is 0 Å². The Balaban J connectivity index is 1.51. The minimum absolute atomic E-state index is 0.102. The van der Waals surface area contributed by atoms with Gasteiger partial charge in [0, 0.05) is 28.1 Å². The minimum Gasteiger partial charge on any atom is -0.449 e. The molecule has 1 aliphatic heterocycles. The molecule has 33 heavy (non-hydrogen) atoms. The summed E-state index contributed by atoms with van der Waals surface area (Å²) in [5.41, 5.74) is 8.18. The zero-order chi connectivity index (χ0) is 23.1. The van der Waals surface area contributed by atoms with E-state index in [0.29, 0.717) is 22.3 Å². The van der Waals surface area contributed by atoms with Gasteiger partial charge in [-0.25, -0.2) is 9.18 Å². The first-order valence-corrected chi connectivity index (χ1v) is 10.1. The molecule has 162 valence electrons. The number of nitrogens with two attached hydrogens (primary N) is 1. The number of ether oxygens (including phenoxy) is 2. The molecule has 0 radical (unpaired) electrons. The molecule has 1 atom stereocenters. The van der Waals surface area contributed by atoms with Crippen LogP contribution in [0, 0.1) is 24.1 Å². The van der Waals surface area contributed by atoms with Crippen LogP contribution in [0.4, 0.5) is 4.39 Å². The summed E-state index contributed by atoms with van der Waals surface area (Å²) in [5, 5.41) is 10.5. The van der Waals surface area contributed by atoms with Crippen molar-refractivity contribution in [3.63, 3.8) is 0 Å². The van der Waals surface area contributed by atoms with Gasteiger partial charge in [0.05, 0.1) is 5.92 Å². The van der Waals surface area contributed by atoms with Gasteiger partial charge in [0.1, 0.15) is 34.5 Å². The quantitative estimate of drug-likeness (QED) is 0.342. The van der Waals surface area contributed by atoms with E-state index in [1.807, 2.05) is 24.3 Å². The van der Waals surface area contributed by atoms with Crippen LogP contribution in [0.1, 0.15) is 33.2 Å². The van der Waals surface area contributed by atoms with E-state index in [-0.39, 0.29) is 28.7 Å². The fourth-order valence-corrected chi connectivity index (χ4v) is 4.05. The smallest absolute Gasteiger partial charge is 0.379 e. The fourth-order valence-electron chi connectivity index (χ4n) is 4.05. The predicted octanol–water partition coefficient (Wildman–Crippen LogP) is 5.32. The van der Waals surface area contributed by atoms with Crippen molar-refractivity contribution in [1.82, 2.24) is 0 Å². The van der Waals surface area contributed by atoms with E-state index in [1.165, 1.54) is 12.1 Å². The van der Waals surface area contributed by atoms with Crippen molar-refractivity contribution in [2.24, 2.45) is 5.73 Å². The third kappa shape index (κ3) is 3.38. The fraction of sp³-hybridized carbons (Fsp3) is 0.0769. The Bertz CT molecular complexity index is 1500. The van der Waals surface area contributed by atoms with E-state index in [1.54, 1.807) is 43.3 Å². The highest BCUT2D eigenvalue weighted by atomic mass is 19.1. The molecular weight excluding hydrogens is 423 g/mol. The van der Waals surface area contributed by atoms with Crippen molar-refractivity contribution < 1.29 is 23.1 Å². The van der Waals surface area contributed by atoms with Gasteiger partial charge in [0.15, 0.2) is 0 Å². The number of furan rings is 1. The molecule has 0 bridgehead atoms. The number of rotatable bonds is 3. The molecule has 4 aromatic rings. The van der Waals surface area contributed by atoms with Crippen molar-refractivity contribution in [2.75, 3.05) is 0 Å². The number of allylic oxidation sites excluding steroid dienone is 1. The molecule has 3 aromatic carbocycles. The van der Waals surface area contributed by atoms with E-state index >= 15 is 0 Å². The number of nitrogens with zero attached hydrogens (tertiary/aromatic N) is 1. The molecule has 0 fully saturated rings. The number of halogens is 1. The van der Waals surface area contributed by atoms with Crippen LogP contribution in [0.15, 0.2) is 82.6 Å². The van der Waals surface area contributed by atoms with E-state index < -0.39 is 17.7 Å². The molecule has 0 spiro atoms. The summed E-state index contributed by atoms with van der Waals surface area (Å²) in [7, 11) is 0. The minimum atomic E-state index is -0.748. The van der Waals surface area contributed by atoms with Crippen LogP contribution in [0.25, 0.3) is 11.0 Å². The molecule has 2 N–H and O–H groups in total. The molecule has 1 aromatic heterocycles. The maximum Gasteiger partial charge on any atom is 0.379 e. The zero-order valence-electron chi connectivity index (χ0n) is 17.5. The normalized spacial score (nSPS) is 15.0. The molecule has 6 nitrogen and oxygen atoms in total. The van der Waals surface area contributed by atoms with Gasteiger partial charge in [-0.15, -0.1) is 0 Å². The number of nitriles is 1. The molecule has 1 aliphatic rings. The summed E-state index contributed by atoms with van der Waals surface area (Å²) in [6.07, 6.45) is 0. The van der Waals surface area contributed by atoms with Crippen LogP contribution in [0.3, 0.4) is 0 Å². The van der Waals surface area contributed by atoms with Crippen molar-refractivity contribution in [3.8, 4) is 17.6 Å². The van der Waals surface area contributed by atoms with Crippen LogP contribution < -0.4 is 15.2 Å². The molecule has 0 saturated heterocycles. The highest BCUT2D eigenvalue weighted by Gasteiger charge is 2.32. The number of benzene rings is 3. The maximum atomic E-state index is 14.6. The monoisotopic (exact) mass is 440 g/mol. The Morgan fingerprint density at radius 2 is 1.85 bits per heavy atom. The third-order valence-corrected chi connectivity index (χ3v) is 5.65. The Labute approximate surface area is 188 Å². The van der Waals surface area contributed by atoms with Crippen LogP contribution in [0.5, 0.6) is 11.5 Å². The van der Waals surface area contributed by atoms with Crippen LogP contribution in [-0.4, -0.2) is 5.97 Å². The highest BCUT2D eigenvalue weighted by Crippen LogP contribution is 2.44. The number of para-hydroxylation sites is 1. The number of carbonyl (C=O) groups is 1. The summed E-state index contributed by atoms with van der Waals surface area (Å²) in [4.78, 5) is 12.8. The van der Waals surface area contributed by atoms with Gasteiger partial charge in [0.2, 0.25) is 11.6 Å². The topological polar surface area (TPSA) is 98.5 Å². The van der Waals surface area contributed by atoms with Gasteiger partial charge in [-0.3, -0.25) is 0 Å². The lowest BCUT2D eigenvalue weighted by Crippen LogP contribution is -2.21. The maximum absolute atomic E-state index is 14.6. The second-order valence-electron chi connectivity index (χ2n) is 7.59.